The van der Waals surface area contributed by atoms with Crippen molar-refractivity contribution in [3.63, 3.8) is 0 Å². The molecule has 7 heteroatoms. The lowest BCUT2D eigenvalue weighted by Crippen LogP contribution is -2.41. The molecule has 1 heterocycles. The van der Waals surface area contributed by atoms with Gasteiger partial charge in [-0.05, 0) is 30.5 Å². The highest BCUT2D eigenvalue weighted by molar-refractivity contribution is 6.01. The predicted molar refractivity (Wildman–Crippen MR) is 91.3 cm³/mol. The van der Waals surface area contributed by atoms with Gasteiger partial charge in [0.15, 0.2) is 0 Å². The summed E-state index contributed by atoms with van der Waals surface area (Å²) in [5.74, 6) is -1.49. The molecule has 0 radical (unpaired) electrons. The number of carbonyl (C=O) groups excluding carboxylic acids is 2. The van der Waals surface area contributed by atoms with E-state index in [0.717, 1.165) is 5.69 Å². The summed E-state index contributed by atoms with van der Waals surface area (Å²) in [5.41, 5.74) is 1.71. The highest BCUT2D eigenvalue weighted by atomic mass is 16.4. The number of carbonyl (C=O) groups is 3. The molecule has 0 saturated carbocycles. The summed E-state index contributed by atoms with van der Waals surface area (Å²) >= 11 is 0. The molecule has 1 aliphatic heterocycles. The molecule has 2 rings (SSSR count). The molecule has 7 nitrogen and oxygen atoms in total. The average Bonchev–Trinajstić information content (AvgIpc) is 2.64. The first-order chi connectivity index (χ1) is 11.3. The van der Waals surface area contributed by atoms with Crippen LogP contribution in [0.15, 0.2) is 18.2 Å². The van der Waals surface area contributed by atoms with Crippen molar-refractivity contribution in [2.24, 2.45) is 5.92 Å². The third-order valence-corrected chi connectivity index (χ3v) is 3.93. The Kier molecular flexibility index (Phi) is 5.43. The van der Waals surface area contributed by atoms with Crippen molar-refractivity contribution in [1.29, 1.82) is 0 Å². The van der Waals surface area contributed by atoms with Crippen LogP contribution in [0.4, 0.5) is 11.4 Å². The van der Waals surface area contributed by atoms with Gasteiger partial charge in [-0.2, -0.15) is 0 Å². The van der Waals surface area contributed by atoms with E-state index in [2.05, 4.69) is 10.6 Å². The number of nitrogens with one attached hydrogen (secondary N) is 2. The number of carboxylic acids is 1. The standard InChI is InChI=1S/C17H23N3O4/c1-10(2)8-13(17(23)24)19-16(22)11-4-5-14-12(9-11)18-15(21)6-7-20(14)3/h4-5,9-10,13H,6-8H2,1-3H3,(H,18,21)(H,19,22)(H,23,24)/t13-/m1/s1. The van der Waals surface area contributed by atoms with Crippen LogP contribution in [0, 0.1) is 5.92 Å². The van der Waals surface area contributed by atoms with E-state index in [9.17, 15) is 19.5 Å². The van der Waals surface area contributed by atoms with Gasteiger partial charge in [0.1, 0.15) is 6.04 Å². The predicted octanol–water partition coefficient (Wildman–Crippen LogP) is 1.69. The molecule has 0 spiro atoms. The maximum absolute atomic E-state index is 12.4. The van der Waals surface area contributed by atoms with Gasteiger partial charge in [-0.3, -0.25) is 9.59 Å². The molecule has 24 heavy (non-hydrogen) atoms. The number of amides is 2. The summed E-state index contributed by atoms with van der Waals surface area (Å²) in [7, 11) is 1.88. The van der Waals surface area contributed by atoms with Gasteiger partial charge in [0.05, 0.1) is 11.4 Å². The normalized spacial score (nSPS) is 15.3. The van der Waals surface area contributed by atoms with Gasteiger partial charge in [-0.15, -0.1) is 0 Å². The van der Waals surface area contributed by atoms with Crippen LogP contribution in [-0.4, -0.2) is 42.5 Å². The highest BCUT2D eigenvalue weighted by Crippen LogP contribution is 2.28. The number of hydrogen-bond acceptors (Lipinski definition) is 4. The summed E-state index contributed by atoms with van der Waals surface area (Å²) < 4.78 is 0. The molecule has 1 aromatic rings. The first kappa shape index (κ1) is 17.8. The van der Waals surface area contributed by atoms with Crippen LogP contribution >= 0.6 is 0 Å². The molecule has 0 aliphatic carbocycles. The zero-order valence-corrected chi connectivity index (χ0v) is 14.1. The lowest BCUT2D eigenvalue weighted by atomic mass is 10.0. The largest absolute Gasteiger partial charge is 0.480 e. The number of anilines is 2. The number of aliphatic carboxylic acids is 1. The molecule has 1 aromatic carbocycles. The Balaban J connectivity index is 2.21. The Labute approximate surface area is 141 Å². The molecule has 0 unspecified atom stereocenters. The fourth-order valence-corrected chi connectivity index (χ4v) is 2.65. The fraction of sp³-hybridized carbons (Fsp3) is 0.471. The molecule has 1 atom stereocenters. The van der Waals surface area contributed by atoms with Gasteiger partial charge >= 0.3 is 5.97 Å². The van der Waals surface area contributed by atoms with Crippen molar-refractivity contribution < 1.29 is 19.5 Å². The Morgan fingerprint density at radius 2 is 2.08 bits per heavy atom. The van der Waals surface area contributed by atoms with E-state index in [1.165, 1.54) is 0 Å². The van der Waals surface area contributed by atoms with E-state index in [1.54, 1.807) is 18.2 Å². The molecule has 0 aromatic heterocycles. The topological polar surface area (TPSA) is 98.7 Å². The number of benzene rings is 1. The van der Waals surface area contributed by atoms with Crippen molar-refractivity contribution in [3.8, 4) is 0 Å². The number of hydrogen-bond donors (Lipinski definition) is 3. The van der Waals surface area contributed by atoms with Crippen LogP contribution in [0.1, 0.15) is 37.0 Å². The van der Waals surface area contributed by atoms with E-state index >= 15 is 0 Å². The average molecular weight is 333 g/mol. The Bertz CT molecular complexity index is 657. The first-order valence-corrected chi connectivity index (χ1v) is 7.96. The van der Waals surface area contributed by atoms with E-state index in [1.807, 2.05) is 25.8 Å². The highest BCUT2D eigenvalue weighted by Gasteiger charge is 2.23. The Morgan fingerprint density at radius 1 is 1.38 bits per heavy atom. The molecule has 1 aliphatic rings. The lowest BCUT2D eigenvalue weighted by molar-refractivity contribution is -0.139. The molecular formula is C17H23N3O4. The molecule has 130 valence electrons. The van der Waals surface area contributed by atoms with Crippen LogP contribution < -0.4 is 15.5 Å². The second kappa shape index (κ2) is 7.33. The minimum Gasteiger partial charge on any atom is -0.480 e. The van der Waals surface area contributed by atoms with Crippen LogP contribution in [0.25, 0.3) is 0 Å². The van der Waals surface area contributed by atoms with Crippen LogP contribution in [0.2, 0.25) is 0 Å². The molecule has 2 amide bonds. The van der Waals surface area contributed by atoms with E-state index in [4.69, 9.17) is 0 Å². The van der Waals surface area contributed by atoms with Gasteiger partial charge in [0.2, 0.25) is 5.91 Å². The van der Waals surface area contributed by atoms with Crippen molar-refractivity contribution in [3.05, 3.63) is 23.8 Å². The van der Waals surface area contributed by atoms with Crippen molar-refractivity contribution in [1.82, 2.24) is 5.32 Å². The summed E-state index contributed by atoms with van der Waals surface area (Å²) in [6.45, 7) is 4.39. The fourth-order valence-electron chi connectivity index (χ4n) is 2.65. The molecule has 0 fully saturated rings. The van der Waals surface area contributed by atoms with E-state index in [-0.39, 0.29) is 11.8 Å². The minimum atomic E-state index is -1.06. The smallest absolute Gasteiger partial charge is 0.326 e. The second-order valence-corrected chi connectivity index (χ2v) is 6.45. The Morgan fingerprint density at radius 3 is 2.71 bits per heavy atom. The molecule has 0 saturated heterocycles. The van der Waals surface area contributed by atoms with E-state index < -0.39 is 17.9 Å². The maximum atomic E-state index is 12.4. The van der Waals surface area contributed by atoms with E-state index in [0.29, 0.717) is 30.6 Å². The second-order valence-electron chi connectivity index (χ2n) is 6.45. The van der Waals surface area contributed by atoms with Gasteiger partial charge < -0.3 is 20.6 Å². The van der Waals surface area contributed by atoms with Crippen molar-refractivity contribution in [2.75, 3.05) is 23.8 Å². The summed E-state index contributed by atoms with van der Waals surface area (Å²) in [4.78, 5) is 37.3. The van der Waals surface area contributed by atoms with Gasteiger partial charge in [0, 0.05) is 25.6 Å². The first-order valence-electron chi connectivity index (χ1n) is 7.96. The summed E-state index contributed by atoms with van der Waals surface area (Å²) in [6.07, 6.45) is 0.730. The third kappa shape index (κ3) is 4.24. The molecular weight excluding hydrogens is 310 g/mol. The quantitative estimate of drug-likeness (QED) is 0.762. The maximum Gasteiger partial charge on any atom is 0.326 e. The van der Waals surface area contributed by atoms with Crippen LogP contribution in [0.5, 0.6) is 0 Å². The summed E-state index contributed by atoms with van der Waals surface area (Å²) in [5, 5.41) is 14.6. The Hall–Kier alpha value is -2.57. The van der Waals surface area contributed by atoms with Gasteiger partial charge in [-0.1, -0.05) is 13.8 Å². The summed E-state index contributed by atoms with van der Waals surface area (Å²) in [6, 6.07) is 4.04. The number of nitrogens with zero attached hydrogens (tertiary/aromatic N) is 1. The number of fused-ring (bicyclic) bond motifs is 1. The lowest BCUT2D eigenvalue weighted by Gasteiger charge is -2.20. The number of carboxylic acid groups (broad SMARTS) is 1. The van der Waals surface area contributed by atoms with Crippen molar-refractivity contribution in [2.45, 2.75) is 32.7 Å². The molecule has 0 bridgehead atoms. The zero-order valence-electron chi connectivity index (χ0n) is 14.1. The number of rotatable bonds is 5. The van der Waals surface area contributed by atoms with Crippen LogP contribution in [-0.2, 0) is 9.59 Å². The SMILES string of the molecule is CC(C)C[C@@H](NC(=O)c1ccc2c(c1)NC(=O)CCN2C)C(=O)O. The minimum absolute atomic E-state index is 0.110. The van der Waals surface area contributed by atoms with Gasteiger partial charge in [-0.25, -0.2) is 4.79 Å². The van der Waals surface area contributed by atoms with Crippen molar-refractivity contribution >= 4 is 29.2 Å². The molecule has 3 N–H and O–H groups in total. The van der Waals surface area contributed by atoms with Crippen LogP contribution in [0.3, 0.4) is 0 Å². The van der Waals surface area contributed by atoms with Gasteiger partial charge in [0.25, 0.3) is 5.91 Å². The third-order valence-electron chi connectivity index (χ3n) is 3.93. The monoisotopic (exact) mass is 333 g/mol. The zero-order chi connectivity index (χ0) is 17.9.